The van der Waals surface area contributed by atoms with Gasteiger partial charge in [0.25, 0.3) is 0 Å². The lowest BCUT2D eigenvalue weighted by molar-refractivity contribution is -0.137. The van der Waals surface area contributed by atoms with Crippen LogP contribution in [0.3, 0.4) is 0 Å². The number of phenolic OH excluding ortho intramolecular Hbond substituents is 1. The highest BCUT2D eigenvalue weighted by Gasteiger charge is 2.32. The number of benzene rings is 1. The van der Waals surface area contributed by atoms with E-state index >= 15 is 0 Å². The number of halogens is 3. The molecule has 36 heavy (non-hydrogen) atoms. The number of amides is 1. The Kier molecular flexibility index (Phi) is 7.67. The van der Waals surface area contributed by atoms with Crippen molar-refractivity contribution in [3.8, 4) is 5.75 Å². The van der Waals surface area contributed by atoms with E-state index in [-0.39, 0.29) is 43.0 Å². The molecule has 0 spiro atoms. The van der Waals surface area contributed by atoms with Crippen LogP contribution < -0.4 is 16.8 Å². The highest BCUT2D eigenvalue weighted by atomic mass is 19.4. The number of nitrogens with two attached hydrogens (primary N) is 2. The van der Waals surface area contributed by atoms with Crippen molar-refractivity contribution in [3.63, 3.8) is 0 Å². The van der Waals surface area contributed by atoms with E-state index in [1.807, 2.05) is 0 Å². The largest absolute Gasteiger partial charge is 0.507 e. The van der Waals surface area contributed by atoms with E-state index < -0.39 is 23.6 Å². The van der Waals surface area contributed by atoms with Crippen LogP contribution in [0.15, 0.2) is 35.2 Å². The average Bonchev–Trinajstić information content (AvgIpc) is 3.47. The molecule has 7 N–H and O–H groups in total. The molecule has 198 valence electrons. The van der Waals surface area contributed by atoms with E-state index in [1.165, 1.54) is 0 Å². The lowest BCUT2D eigenvalue weighted by atomic mass is 9.99. The molecule has 3 heterocycles. The van der Waals surface area contributed by atoms with Crippen molar-refractivity contribution in [3.05, 3.63) is 46.3 Å². The molecule has 0 aliphatic carbocycles. The van der Waals surface area contributed by atoms with Gasteiger partial charge in [0.1, 0.15) is 11.6 Å². The molecule has 0 saturated carbocycles. The summed E-state index contributed by atoms with van der Waals surface area (Å²) in [6, 6.07) is 2.62. The molecule has 3 fully saturated rings. The normalized spacial score (nSPS) is 26.3. The highest BCUT2D eigenvalue weighted by molar-refractivity contribution is 5.78. The van der Waals surface area contributed by atoms with Crippen LogP contribution in [0.2, 0.25) is 0 Å². The predicted molar refractivity (Wildman–Crippen MR) is 126 cm³/mol. The zero-order valence-corrected chi connectivity index (χ0v) is 19.9. The average molecular weight is 512 g/mol. The molecule has 4 rings (SSSR count). The second-order valence-electron chi connectivity index (χ2n) is 9.51. The fraction of sp³-hybridized carbons (Fsp3) is 0.542. The first-order valence-corrected chi connectivity index (χ1v) is 11.9. The number of β-amino-alcohol motifs (C(OH)–C–C–N with tert-alkyl or cyclic N) is 1. The number of nitrogens with zero attached hydrogens (tertiary/aromatic N) is 2. The number of aliphatic hydroxyl groups is 1. The number of alkyl halides is 3. The molecule has 0 aromatic heterocycles. The van der Waals surface area contributed by atoms with Crippen molar-refractivity contribution in [1.82, 2.24) is 15.1 Å². The van der Waals surface area contributed by atoms with Crippen molar-refractivity contribution in [2.75, 3.05) is 45.9 Å². The van der Waals surface area contributed by atoms with Gasteiger partial charge in [0, 0.05) is 48.1 Å². The number of likely N-dealkylation sites (tertiary alicyclic amines) is 2. The van der Waals surface area contributed by atoms with Gasteiger partial charge in [-0.3, -0.25) is 9.69 Å². The molecule has 3 aliphatic heterocycles. The van der Waals surface area contributed by atoms with E-state index in [0.29, 0.717) is 49.1 Å². The van der Waals surface area contributed by atoms with Gasteiger partial charge in [0.05, 0.1) is 31.4 Å². The lowest BCUT2D eigenvalue weighted by Crippen LogP contribution is -2.50. The molecule has 0 radical (unpaired) electrons. The quantitative estimate of drug-likeness (QED) is 0.394. The van der Waals surface area contributed by atoms with E-state index in [9.17, 15) is 28.2 Å². The molecular weight excluding hydrogens is 479 g/mol. The van der Waals surface area contributed by atoms with Gasteiger partial charge in [0.2, 0.25) is 5.91 Å². The monoisotopic (exact) mass is 511 g/mol. The third kappa shape index (κ3) is 5.88. The number of carbonyl (C=O) groups excluding carboxylic acids is 1. The number of rotatable bonds is 5. The van der Waals surface area contributed by atoms with E-state index in [1.54, 1.807) is 4.90 Å². The Morgan fingerprint density at radius 2 is 1.89 bits per heavy atom. The molecule has 3 aliphatic rings. The van der Waals surface area contributed by atoms with E-state index in [4.69, 9.17) is 16.2 Å². The van der Waals surface area contributed by atoms with Gasteiger partial charge in [-0.25, -0.2) is 0 Å². The van der Waals surface area contributed by atoms with E-state index in [2.05, 4.69) is 10.2 Å². The highest BCUT2D eigenvalue weighted by Crippen LogP contribution is 2.36. The van der Waals surface area contributed by atoms with Gasteiger partial charge in [-0.1, -0.05) is 0 Å². The summed E-state index contributed by atoms with van der Waals surface area (Å²) in [5, 5.41) is 23.2. The van der Waals surface area contributed by atoms with Crippen LogP contribution in [-0.2, 0) is 15.7 Å². The van der Waals surface area contributed by atoms with Gasteiger partial charge < -0.3 is 36.6 Å². The fourth-order valence-corrected chi connectivity index (χ4v) is 4.89. The Bertz CT molecular complexity index is 1060. The van der Waals surface area contributed by atoms with Crippen LogP contribution in [0.4, 0.5) is 13.2 Å². The van der Waals surface area contributed by atoms with Gasteiger partial charge >= 0.3 is 6.18 Å². The molecule has 1 aromatic carbocycles. The molecule has 3 saturated heterocycles. The number of aromatic hydroxyl groups is 1. The second kappa shape index (κ2) is 10.6. The van der Waals surface area contributed by atoms with Crippen LogP contribution in [0.25, 0.3) is 5.70 Å². The zero-order valence-electron chi connectivity index (χ0n) is 19.9. The van der Waals surface area contributed by atoms with Crippen molar-refractivity contribution >= 4 is 11.6 Å². The van der Waals surface area contributed by atoms with Gasteiger partial charge in [-0.2, -0.15) is 13.2 Å². The number of aliphatic hydroxyl groups excluding tert-OH is 1. The maximum absolute atomic E-state index is 12.9. The molecule has 12 heteroatoms. The summed E-state index contributed by atoms with van der Waals surface area (Å²) in [5.41, 5.74) is 12.9. The number of piperidine rings is 1. The zero-order chi connectivity index (χ0) is 26.0. The summed E-state index contributed by atoms with van der Waals surface area (Å²) in [6.07, 6.45) is -2.72. The second-order valence-corrected chi connectivity index (χ2v) is 9.51. The minimum atomic E-state index is -4.58. The molecule has 1 amide bonds. The summed E-state index contributed by atoms with van der Waals surface area (Å²) in [7, 11) is 0. The number of carbonyl (C=O) groups is 1. The maximum atomic E-state index is 12.9. The first-order chi connectivity index (χ1) is 17.0. The Morgan fingerprint density at radius 3 is 2.56 bits per heavy atom. The third-order valence-electron chi connectivity index (χ3n) is 6.86. The fourth-order valence-electron chi connectivity index (χ4n) is 4.89. The van der Waals surface area contributed by atoms with Crippen molar-refractivity contribution in [2.45, 2.75) is 37.6 Å². The molecule has 0 bridgehead atoms. The first kappa shape index (κ1) is 26.1. The SMILES string of the molecule is N/C(NC1CCCN(CC(=O)N2CCC(O)C2)C1)=C1/COC/C1=C(/N)c1ccc(C(F)(F)F)cc1O. The summed E-state index contributed by atoms with van der Waals surface area (Å²) in [6.45, 7) is 2.88. The molecular formula is C24H32F3N5O4. The Morgan fingerprint density at radius 1 is 1.14 bits per heavy atom. The molecule has 2 unspecified atom stereocenters. The number of phenols is 1. The third-order valence-corrected chi connectivity index (χ3v) is 6.86. The van der Waals surface area contributed by atoms with Crippen LogP contribution >= 0.6 is 0 Å². The van der Waals surface area contributed by atoms with Crippen molar-refractivity contribution < 1.29 is 32.9 Å². The molecule has 2 atom stereocenters. The number of hydrogen-bond acceptors (Lipinski definition) is 8. The predicted octanol–water partition coefficient (Wildman–Crippen LogP) is 0.929. The molecule has 9 nitrogen and oxygen atoms in total. The lowest BCUT2D eigenvalue weighted by Gasteiger charge is -2.34. The van der Waals surface area contributed by atoms with E-state index in [0.717, 1.165) is 31.5 Å². The van der Waals surface area contributed by atoms with Crippen LogP contribution in [0, 0.1) is 0 Å². The van der Waals surface area contributed by atoms with Crippen LogP contribution in [0.5, 0.6) is 5.75 Å². The smallest absolute Gasteiger partial charge is 0.416 e. The Labute approximate surface area is 207 Å². The Balaban J connectivity index is 1.45. The minimum Gasteiger partial charge on any atom is -0.507 e. The summed E-state index contributed by atoms with van der Waals surface area (Å²) < 4.78 is 44.3. The van der Waals surface area contributed by atoms with Gasteiger partial charge in [0.15, 0.2) is 0 Å². The van der Waals surface area contributed by atoms with Crippen LogP contribution in [0.1, 0.15) is 30.4 Å². The maximum Gasteiger partial charge on any atom is 0.416 e. The molecule has 1 aromatic rings. The van der Waals surface area contributed by atoms with Gasteiger partial charge in [-0.05, 0) is 44.0 Å². The number of ether oxygens (including phenoxy) is 1. The van der Waals surface area contributed by atoms with Gasteiger partial charge in [-0.15, -0.1) is 0 Å². The summed E-state index contributed by atoms with van der Waals surface area (Å²) in [5.74, 6) is -0.236. The number of hydrogen-bond donors (Lipinski definition) is 5. The summed E-state index contributed by atoms with van der Waals surface area (Å²) in [4.78, 5) is 16.3. The standard InChI is InChI=1S/C24H32F3N5O4/c25-24(26,27)14-3-4-17(20(34)8-14)22(28)18-12-36-13-19(18)23(29)30-15-2-1-6-31(9-15)11-21(35)32-7-5-16(33)10-32/h3-4,8,15-16,30,33-34H,1-2,5-7,9-13,28-29H2/b22-18-,23-19+. The number of nitrogens with one attached hydrogen (secondary N) is 1. The summed E-state index contributed by atoms with van der Waals surface area (Å²) >= 11 is 0. The minimum absolute atomic E-state index is 0.00272. The Hall–Kier alpha value is -2.96. The van der Waals surface area contributed by atoms with Crippen LogP contribution in [-0.4, -0.2) is 84.0 Å². The van der Waals surface area contributed by atoms with Crippen molar-refractivity contribution in [1.29, 1.82) is 0 Å². The topological polar surface area (TPSA) is 137 Å². The van der Waals surface area contributed by atoms with Crippen molar-refractivity contribution in [2.24, 2.45) is 11.5 Å². The first-order valence-electron chi connectivity index (χ1n) is 11.9.